The van der Waals surface area contributed by atoms with Crippen LogP contribution in [0.15, 0.2) is 46.9 Å². The van der Waals surface area contributed by atoms with Gasteiger partial charge in [0, 0.05) is 29.8 Å². The molecule has 2 aromatic carbocycles. The molecule has 0 aliphatic heterocycles. The molecule has 0 heterocycles. The number of nitrogens with one attached hydrogen (secondary N) is 1. The van der Waals surface area contributed by atoms with Crippen molar-refractivity contribution in [3.63, 3.8) is 0 Å². The molecule has 0 spiro atoms. The first-order chi connectivity index (χ1) is 10.1. The van der Waals surface area contributed by atoms with Gasteiger partial charge in [-0.15, -0.1) is 0 Å². The van der Waals surface area contributed by atoms with Crippen molar-refractivity contribution in [2.45, 2.75) is 32.4 Å². The van der Waals surface area contributed by atoms with Crippen LogP contribution in [0.2, 0.25) is 0 Å². The minimum atomic E-state index is 0.748. The normalized spacial score (nSPS) is 14.2. The van der Waals surface area contributed by atoms with Gasteiger partial charge in [0.15, 0.2) is 0 Å². The highest BCUT2D eigenvalue weighted by molar-refractivity contribution is 9.10. The second-order valence-electron chi connectivity index (χ2n) is 5.79. The van der Waals surface area contributed by atoms with Crippen molar-refractivity contribution in [2.75, 3.05) is 11.9 Å². The summed E-state index contributed by atoms with van der Waals surface area (Å²) in [5, 5.41) is 3.56. The van der Waals surface area contributed by atoms with Crippen molar-refractivity contribution < 1.29 is 0 Å². The monoisotopic (exact) mass is 344 g/mol. The molecule has 0 amide bonds. The molecule has 1 aliphatic carbocycles. The van der Waals surface area contributed by atoms with Crippen LogP contribution in [0, 0.1) is 6.92 Å². The van der Waals surface area contributed by atoms with E-state index in [-0.39, 0.29) is 0 Å². The SMILES string of the molecule is Cc1ccccc1N(C)c1ccc(CNC2CC2)cc1Br. The Kier molecular flexibility index (Phi) is 4.32. The first kappa shape index (κ1) is 14.6. The largest absolute Gasteiger partial charge is 0.343 e. The quantitative estimate of drug-likeness (QED) is 0.839. The Morgan fingerprint density at radius 3 is 2.57 bits per heavy atom. The van der Waals surface area contributed by atoms with Gasteiger partial charge < -0.3 is 10.2 Å². The van der Waals surface area contributed by atoms with Crippen LogP contribution in [0.3, 0.4) is 0 Å². The highest BCUT2D eigenvalue weighted by Crippen LogP contribution is 2.33. The lowest BCUT2D eigenvalue weighted by molar-refractivity contribution is 0.687. The Bertz CT molecular complexity index is 635. The molecule has 1 fully saturated rings. The number of para-hydroxylation sites is 1. The van der Waals surface area contributed by atoms with Crippen molar-refractivity contribution in [3.8, 4) is 0 Å². The Hall–Kier alpha value is -1.32. The number of halogens is 1. The number of rotatable bonds is 5. The molecule has 0 bridgehead atoms. The average molecular weight is 345 g/mol. The Morgan fingerprint density at radius 2 is 1.90 bits per heavy atom. The van der Waals surface area contributed by atoms with Crippen LogP contribution in [0.4, 0.5) is 11.4 Å². The fourth-order valence-electron chi connectivity index (χ4n) is 2.55. The van der Waals surface area contributed by atoms with E-state index in [0.717, 1.165) is 17.1 Å². The van der Waals surface area contributed by atoms with Crippen molar-refractivity contribution in [3.05, 3.63) is 58.1 Å². The van der Waals surface area contributed by atoms with Gasteiger partial charge in [-0.05, 0) is 65.0 Å². The molecule has 1 aliphatic rings. The summed E-state index contributed by atoms with van der Waals surface area (Å²) < 4.78 is 1.14. The molecule has 110 valence electrons. The molecule has 2 nitrogen and oxygen atoms in total. The minimum Gasteiger partial charge on any atom is -0.343 e. The van der Waals surface area contributed by atoms with Crippen molar-refractivity contribution in [1.29, 1.82) is 0 Å². The topological polar surface area (TPSA) is 15.3 Å². The van der Waals surface area contributed by atoms with Gasteiger partial charge in [0.2, 0.25) is 0 Å². The number of aryl methyl sites for hydroxylation is 1. The maximum Gasteiger partial charge on any atom is 0.0552 e. The summed E-state index contributed by atoms with van der Waals surface area (Å²) in [7, 11) is 2.12. The number of hydrogen-bond acceptors (Lipinski definition) is 2. The average Bonchev–Trinajstić information content (AvgIpc) is 3.29. The van der Waals surface area contributed by atoms with Gasteiger partial charge in [-0.3, -0.25) is 0 Å². The molecule has 21 heavy (non-hydrogen) atoms. The van der Waals surface area contributed by atoms with E-state index < -0.39 is 0 Å². The Labute approximate surface area is 135 Å². The minimum absolute atomic E-state index is 0.748. The van der Waals surface area contributed by atoms with Crippen LogP contribution >= 0.6 is 15.9 Å². The van der Waals surface area contributed by atoms with E-state index in [9.17, 15) is 0 Å². The fraction of sp³-hybridized carbons (Fsp3) is 0.333. The van der Waals surface area contributed by atoms with Crippen molar-refractivity contribution >= 4 is 27.3 Å². The third-order valence-corrected chi connectivity index (χ3v) is 4.66. The molecule has 0 unspecified atom stereocenters. The maximum atomic E-state index is 3.72. The summed E-state index contributed by atoms with van der Waals surface area (Å²) in [5.41, 5.74) is 5.05. The number of anilines is 2. The standard InChI is InChI=1S/C18H21BrN2/c1-13-5-3-4-6-17(13)21(2)18-10-7-14(11-16(18)19)12-20-15-8-9-15/h3-7,10-11,15,20H,8-9,12H2,1-2H3. The fourth-order valence-corrected chi connectivity index (χ4v) is 3.24. The van der Waals surface area contributed by atoms with Gasteiger partial charge >= 0.3 is 0 Å². The predicted octanol–water partition coefficient (Wildman–Crippen LogP) is 4.78. The van der Waals surface area contributed by atoms with Gasteiger partial charge in [0.1, 0.15) is 0 Å². The van der Waals surface area contributed by atoms with E-state index in [1.807, 2.05) is 0 Å². The lowest BCUT2D eigenvalue weighted by atomic mass is 10.1. The second kappa shape index (κ2) is 6.20. The smallest absolute Gasteiger partial charge is 0.0552 e. The highest BCUT2D eigenvalue weighted by Gasteiger charge is 2.20. The van der Waals surface area contributed by atoms with Gasteiger partial charge in [-0.1, -0.05) is 24.3 Å². The van der Waals surface area contributed by atoms with Gasteiger partial charge in [0.25, 0.3) is 0 Å². The molecular weight excluding hydrogens is 324 g/mol. The molecule has 0 saturated heterocycles. The van der Waals surface area contributed by atoms with Crippen LogP contribution < -0.4 is 10.2 Å². The Morgan fingerprint density at radius 1 is 1.14 bits per heavy atom. The van der Waals surface area contributed by atoms with Crippen molar-refractivity contribution in [2.24, 2.45) is 0 Å². The molecule has 0 atom stereocenters. The first-order valence-electron chi connectivity index (χ1n) is 7.46. The molecule has 2 aromatic rings. The summed E-state index contributed by atoms with van der Waals surface area (Å²) in [6, 6.07) is 15.8. The predicted molar refractivity (Wildman–Crippen MR) is 93.2 cm³/mol. The first-order valence-corrected chi connectivity index (χ1v) is 8.25. The van der Waals surface area contributed by atoms with Crippen LogP contribution in [-0.4, -0.2) is 13.1 Å². The summed E-state index contributed by atoms with van der Waals surface area (Å²) in [5.74, 6) is 0. The van der Waals surface area contributed by atoms with E-state index in [0.29, 0.717) is 0 Å². The zero-order chi connectivity index (χ0) is 14.8. The summed E-state index contributed by atoms with van der Waals surface area (Å²) in [6.07, 6.45) is 2.66. The number of hydrogen-bond donors (Lipinski definition) is 1. The lowest BCUT2D eigenvalue weighted by Crippen LogP contribution is -2.16. The maximum absolute atomic E-state index is 3.72. The Balaban J connectivity index is 1.79. The molecule has 3 rings (SSSR count). The second-order valence-corrected chi connectivity index (χ2v) is 6.64. The van der Waals surface area contributed by atoms with E-state index in [2.05, 4.69) is 82.6 Å². The summed E-state index contributed by atoms with van der Waals surface area (Å²) >= 11 is 3.72. The molecule has 1 N–H and O–H groups in total. The molecular formula is C18H21BrN2. The van der Waals surface area contributed by atoms with Gasteiger partial charge in [-0.25, -0.2) is 0 Å². The van der Waals surface area contributed by atoms with E-state index >= 15 is 0 Å². The molecule has 3 heteroatoms. The third kappa shape index (κ3) is 3.47. The van der Waals surface area contributed by atoms with Gasteiger partial charge in [-0.2, -0.15) is 0 Å². The zero-order valence-corrected chi connectivity index (χ0v) is 14.2. The number of benzene rings is 2. The third-order valence-electron chi connectivity index (χ3n) is 4.02. The van der Waals surface area contributed by atoms with E-state index in [1.165, 1.54) is 35.3 Å². The molecule has 1 saturated carbocycles. The van der Waals surface area contributed by atoms with Gasteiger partial charge in [0.05, 0.1) is 5.69 Å². The van der Waals surface area contributed by atoms with E-state index in [4.69, 9.17) is 0 Å². The molecule has 0 radical (unpaired) electrons. The van der Waals surface area contributed by atoms with Crippen LogP contribution in [0.1, 0.15) is 24.0 Å². The van der Waals surface area contributed by atoms with Crippen molar-refractivity contribution in [1.82, 2.24) is 5.32 Å². The van der Waals surface area contributed by atoms with Crippen LogP contribution in [0.5, 0.6) is 0 Å². The zero-order valence-electron chi connectivity index (χ0n) is 12.6. The highest BCUT2D eigenvalue weighted by atomic mass is 79.9. The van der Waals surface area contributed by atoms with Crippen LogP contribution in [-0.2, 0) is 6.54 Å². The molecule has 0 aromatic heterocycles. The van der Waals surface area contributed by atoms with Crippen LogP contribution in [0.25, 0.3) is 0 Å². The summed E-state index contributed by atoms with van der Waals surface area (Å²) in [6.45, 7) is 3.10. The lowest BCUT2D eigenvalue weighted by Gasteiger charge is -2.23. The van der Waals surface area contributed by atoms with E-state index in [1.54, 1.807) is 0 Å². The summed E-state index contributed by atoms with van der Waals surface area (Å²) in [4.78, 5) is 2.23. The number of nitrogens with zero attached hydrogens (tertiary/aromatic N) is 1.